The highest BCUT2D eigenvalue weighted by Gasteiger charge is 2.22. The molecule has 0 radical (unpaired) electrons. The maximum Gasteiger partial charge on any atom is 0.165 e. The standard InChI is InChI=1S/C14H20F2N2O/c1-19-14-3-2-11(10-12(14)16)13(4-5-15)18-8-6-17-7-9-18/h2-3,10,13,17H,4-9H2,1H3/t13-/m0/s1. The number of nitrogens with one attached hydrogen (secondary N) is 1. The van der Waals surface area contributed by atoms with E-state index in [9.17, 15) is 8.78 Å². The number of piperazine rings is 1. The van der Waals surface area contributed by atoms with Gasteiger partial charge in [0.05, 0.1) is 13.8 Å². The fourth-order valence-electron chi connectivity index (χ4n) is 2.55. The topological polar surface area (TPSA) is 24.5 Å². The first-order valence-corrected chi connectivity index (χ1v) is 6.60. The molecule has 1 aromatic carbocycles. The van der Waals surface area contributed by atoms with Crippen molar-refractivity contribution in [1.82, 2.24) is 10.2 Å². The summed E-state index contributed by atoms with van der Waals surface area (Å²) in [6.45, 7) is 3.10. The van der Waals surface area contributed by atoms with E-state index in [1.54, 1.807) is 6.07 Å². The summed E-state index contributed by atoms with van der Waals surface area (Å²) in [7, 11) is 1.44. The van der Waals surface area contributed by atoms with E-state index in [1.807, 2.05) is 6.07 Å². The van der Waals surface area contributed by atoms with Crippen LogP contribution in [0.3, 0.4) is 0 Å². The van der Waals surface area contributed by atoms with Gasteiger partial charge in [-0.1, -0.05) is 6.07 Å². The van der Waals surface area contributed by atoms with Gasteiger partial charge in [-0.05, 0) is 24.1 Å². The van der Waals surface area contributed by atoms with Crippen molar-refractivity contribution in [1.29, 1.82) is 0 Å². The van der Waals surface area contributed by atoms with Crippen molar-refractivity contribution in [2.45, 2.75) is 12.5 Å². The van der Waals surface area contributed by atoms with Crippen LogP contribution in [0.5, 0.6) is 5.75 Å². The summed E-state index contributed by atoms with van der Waals surface area (Å²) in [6.07, 6.45) is 0.395. The molecular formula is C14H20F2N2O. The fraction of sp³-hybridized carbons (Fsp3) is 0.571. The predicted molar refractivity (Wildman–Crippen MR) is 70.7 cm³/mol. The zero-order valence-corrected chi connectivity index (χ0v) is 11.2. The molecule has 1 heterocycles. The van der Waals surface area contributed by atoms with Crippen LogP contribution in [0, 0.1) is 5.82 Å². The summed E-state index contributed by atoms with van der Waals surface area (Å²) in [5.74, 6) is -0.165. The van der Waals surface area contributed by atoms with Gasteiger partial charge in [0, 0.05) is 32.2 Å². The third-order valence-electron chi connectivity index (χ3n) is 3.54. The summed E-state index contributed by atoms with van der Waals surface area (Å²) < 4.78 is 31.5. The lowest BCUT2D eigenvalue weighted by molar-refractivity contribution is 0.157. The lowest BCUT2D eigenvalue weighted by atomic mass is 10.0. The molecule has 19 heavy (non-hydrogen) atoms. The maximum absolute atomic E-state index is 13.8. The SMILES string of the molecule is COc1ccc([C@H](CCF)N2CCNCC2)cc1F. The Labute approximate surface area is 112 Å². The lowest BCUT2D eigenvalue weighted by Crippen LogP contribution is -2.45. The molecule has 1 fully saturated rings. The Morgan fingerprint density at radius 3 is 2.68 bits per heavy atom. The Morgan fingerprint density at radius 1 is 1.37 bits per heavy atom. The van der Waals surface area contributed by atoms with Gasteiger partial charge in [0.2, 0.25) is 0 Å². The van der Waals surface area contributed by atoms with Gasteiger partial charge in [0.1, 0.15) is 0 Å². The second-order valence-electron chi connectivity index (χ2n) is 4.67. The molecule has 2 rings (SSSR count). The van der Waals surface area contributed by atoms with Crippen LogP contribution in [0.15, 0.2) is 18.2 Å². The monoisotopic (exact) mass is 270 g/mol. The van der Waals surface area contributed by atoms with Gasteiger partial charge >= 0.3 is 0 Å². The van der Waals surface area contributed by atoms with E-state index in [4.69, 9.17) is 4.74 Å². The number of nitrogens with zero attached hydrogens (tertiary/aromatic N) is 1. The number of rotatable bonds is 5. The Balaban J connectivity index is 2.19. The average Bonchev–Trinajstić information content (AvgIpc) is 2.45. The zero-order chi connectivity index (χ0) is 13.7. The summed E-state index contributed by atoms with van der Waals surface area (Å²) in [5, 5.41) is 3.26. The average molecular weight is 270 g/mol. The quantitative estimate of drug-likeness (QED) is 0.887. The number of halogens is 2. The number of alkyl halides is 1. The molecule has 0 spiro atoms. The van der Waals surface area contributed by atoms with Crippen LogP contribution >= 0.6 is 0 Å². The summed E-state index contributed by atoms with van der Waals surface area (Å²) in [6, 6.07) is 4.83. The molecule has 0 unspecified atom stereocenters. The van der Waals surface area contributed by atoms with Crippen LogP contribution in [-0.4, -0.2) is 44.9 Å². The number of hydrogen-bond acceptors (Lipinski definition) is 3. The van der Waals surface area contributed by atoms with Gasteiger partial charge in [-0.3, -0.25) is 9.29 Å². The predicted octanol–water partition coefficient (Wildman–Crippen LogP) is 2.14. The normalized spacial score (nSPS) is 18.3. The number of ether oxygens (including phenoxy) is 1. The van der Waals surface area contributed by atoms with E-state index in [-0.39, 0.29) is 17.6 Å². The second-order valence-corrected chi connectivity index (χ2v) is 4.67. The van der Waals surface area contributed by atoms with Crippen LogP contribution in [0.4, 0.5) is 8.78 Å². The fourth-order valence-corrected chi connectivity index (χ4v) is 2.55. The minimum absolute atomic E-state index is 0.0625. The third kappa shape index (κ3) is 3.42. The maximum atomic E-state index is 13.8. The van der Waals surface area contributed by atoms with Crippen LogP contribution in [0.25, 0.3) is 0 Å². The Hall–Kier alpha value is -1.20. The molecule has 5 heteroatoms. The second kappa shape index (κ2) is 6.82. The van der Waals surface area contributed by atoms with E-state index in [0.29, 0.717) is 6.42 Å². The van der Waals surface area contributed by atoms with Gasteiger partial charge in [0.25, 0.3) is 0 Å². The number of benzene rings is 1. The van der Waals surface area contributed by atoms with Gasteiger partial charge < -0.3 is 10.1 Å². The minimum Gasteiger partial charge on any atom is -0.494 e. The van der Waals surface area contributed by atoms with Crippen molar-refractivity contribution in [2.24, 2.45) is 0 Å². The first-order chi connectivity index (χ1) is 9.26. The highest BCUT2D eigenvalue weighted by molar-refractivity contribution is 5.31. The van der Waals surface area contributed by atoms with Crippen molar-refractivity contribution in [2.75, 3.05) is 40.0 Å². The van der Waals surface area contributed by atoms with Crippen LogP contribution in [0.2, 0.25) is 0 Å². The summed E-state index contributed by atoms with van der Waals surface area (Å²) in [5.41, 5.74) is 0.817. The molecule has 0 amide bonds. The highest BCUT2D eigenvalue weighted by Crippen LogP contribution is 2.28. The van der Waals surface area contributed by atoms with E-state index in [1.165, 1.54) is 13.2 Å². The molecule has 0 aromatic heterocycles. The molecule has 1 saturated heterocycles. The van der Waals surface area contributed by atoms with Crippen molar-refractivity contribution in [3.8, 4) is 5.75 Å². The molecule has 0 bridgehead atoms. The summed E-state index contributed by atoms with van der Waals surface area (Å²) in [4.78, 5) is 2.21. The first-order valence-electron chi connectivity index (χ1n) is 6.60. The minimum atomic E-state index is -0.401. The van der Waals surface area contributed by atoms with Crippen molar-refractivity contribution in [3.05, 3.63) is 29.6 Å². The summed E-state index contributed by atoms with van der Waals surface area (Å²) >= 11 is 0. The molecule has 1 N–H and O–H groups in total. The largest absolute Gasteiger partial charge is 0.494 e. The van der Waals surface area contributed by atoms with Gasteiger partial charge in [-0.2, -0.15) is 0 Å². The molecule has 0 aliphatic carbocycles. The van der Waals surface area contributed by atoms with Gasteiger partial charge in [-0.25, -0.2) is 4.39 Å². The van der Waals surface area contributed by atoms with Crippen LogP contribution < -0.4 is 10.1 Å². The van der Waals surface area contributed by atoms with Crippen molar-refractivity contribution < 1.29 is 13.5 Å². The van der Waals surface area contributed by atoms with Crippen LogP contribution in [-0.2, 0) is 0 Å². The smallest absolute Gasteiger partial charge is 0.165 e. The Morgan fingerprint density at radius 2 is 2.11 bits per heavy atom. The van der Waals surface area contributed by atoms with Crippen molar-refractivity contribution >= 4 is 0 Å². The zero-order valence-electron chi connectivity index (χ0n) is 11.2. The highest BCUT2D eigenvalue weighted by atomic mass is 19.1. The number of methoxy groups -OCH3 is 1. The van der Waals surface area contributed by atoms with Gasteiger partial charge in [-0.15, -0.1) is 0 Å². The molecular weight excluding hydrogens is 250 g/mol. The van der Waals surface area contributed by atoms with Crippen LogP contribution in [0.1, 0.15) is 18.0 Å². The van der Waals surface area contributed by atoms with Crippen molar-refractivity contribution in [3.63, 3.8) is 0 Å². The number of hydrogen-bond donors (Lipinski definition) is 1. The molecule has 3 nitrogen and oxygen atoms in total. The van der Waals surface area contributed by atoms with E-state index >= 15 is 0 Å². The van der Waals surface area contributed by atoms with E-state index in [2.05, 4.69) is 10.2 Å². The molecule has 0 saturated carbocycles. The third-order valence-corrected chi connectivity index (χ3v) is 3.54. The molecule has 106 valence electrons. The molecule has 1 aliphatic rings. The van der Waals surface area contributed by atoms with E-state index in [0.717, 1.165) is 31.7 Å². The lowest BCUT2D eigenvalue weighted by Gasteiger charge is -2.35. The Bertz CT molecular complexity index is 408. The Kier molecular flexibility index (Phi) is 5.10. The van der Waals surface area contributed by atoms with Gasteiger partial charge in [0.15, 0.2) is 11.6 Å². The first kappa shape index (κ1) is 14.2. The molecule has 1 aliphatic heterocycles. The van der Waals surface area contributed by atoms with E-state index < -0.39 is 6.67 Å². The molecule has 1 atom stereocenters. The molecule has 1 aromatic rings.